The highest BCUT2D eigenvalue weighted by Crippen LogP contribution is 2.32. The SMILES string of the molecule is CC(=O)c1c[nH]c(C(=O)Nc2cc(C3CCCCC3)nn2C)c1. The van der Waals surface area contributed by atoms with Gasteiger partial charge in [-0.25, -0.2) is 0 Å². The maximum Gasteiger partial charge on any atom is 0.273 e. The number of aromatic amines is 1. The van der Waals surface area contributed by atoms with Gasteiger partial charge in [0.25, 0.3) is 5.91 Å². The second kappa shape index (κ2) is 6.40. The van der Waals surface area contributed by atoms with Gasteiger partial charge in [-0.15, -0.1) is 0 Å². The second-order valence-corrected chi connectivity index (χ2v) is 6.23. The molecule has 2 aromatic rings. The normalized spacial score (nSPS) is 15.6. The fourth-order valence-electron chi connectivity index (χ4n) is 3.12. The summed E-state index contributed by atoms with van der Waals surface area (Å²) in [7, 11) is 1.83. The largest absolute Gasteiger partial charge is 0.356 e. The van der Waals surface area contributed by atoms with Gasteiger partial charge in [0, 0.05) is 30.8 Å². The van der Waals surface area contributed by atoms with E-state index in [0.29, 0.717) is 23.0 Å². The molecule has 3 rings (SSSR count). The van der Waals surface area contributed by atoms with E-state index in [4.69, 9.17) is 0 Å². The third-order valence-corrected chi connectivity index (χ3v) is 4.50. The molecule has 6 nitrogen and oxygen atoms in total. The van der Waals surface area contributed by atoms with Gasteiger partial charge >= 0.3 is 0 Å². The monoisotopic (exact) mass is 314 g/mol. The molecule has 0 aliphatic heterocycles. The number of hydrogen-bond donors (Lipinski definition) is 2. The molecule has 0 spiro atoms. The Morgan fingerprint density at radius 3 is 2.65 bits per heavy atom. The highest BCUT2D eigenvalue weighted by atomic mass is 16.2. The summed E-state index contributed by atoms with van der Waals surface area (Å²) in [6, 6.07) is 3.53. The highest BCUT2D eigenvalue weighted by Gasteiger charge is 2.20. The van der Waals surface area contributed by atoms with E-state index in [-0.39, 0.29) is 11.7 Å². The minimum absolute atomic E-state index is 0.0691. The number of carbonyl (C=O) groups is 2. The first-order chi connectivity index (χ1) is 11.0. The van der Waals surface area contributed by atoms with Crippen LogP contribution in [-0.4, -0.2) is 26.5 Å². The van der Waals surface area contributed by atoms with Crippen LogP contribution in [0.5, 0.6) is 0 Å². The van der Waals surface area contributed by atoms with Crippen molar-refractivity contribution in [1.82, 2.24) is 14.8 Å². The van der Waals surface area contributed by atoms with Crippen molar-refractivity contribution in [3.63, 3.8) is 0 Å². The molecule has 0 bridgehead atoms. The van der Waals surface area contributed by atoms with Gasteiger partial charge in [0.05, 0.1) is 5.69 Å². The van der Waals surface area contributed by atoms with E-state index in [1.165, 1.54) is 39.0 Å². The number of ketones is 1. The lowest BCUT2D eigenvalue weighted by molar-refractivity contribution is 0.101. The standard InChI is InChI=1S/C17H22N4O2/c1-11(22)13-8-15(18-10-13)17(23)19-16-9-14(20-21(16)2)12-6-4-3-5-7-12/h8-10,12,18H,3-7H2,1-2H3,(H,19,23). The van der Waals surface area contributed by atoms with Gasteiger partial charge in [-0.1, -0.05) is 19.3 Å². The minimum Gasteiger partial charge on any atom is -0.356 e. The average molecular weight is 314 g/mol. The Labute approximate surface area is 135 Å². The topological polar surface area (TPSA) is 79.8 Å². The molecule has 1 amide bonds. The molecule has 2 N–H and O–H groups in total. The lowest BCUT2D eigenvalue weighted by atomic mass is 9.87. The zero-order valence-corrected chi connectivity index (χ0v) is 13.6. The van der Waals surface area contributed by atoms with Crippen LogP contribution in [0.4, 0.5) is 5.82 Å². The van der Waals surface area contributed by atoms with Crippen LogP contribution < -0.4 is 5.32 Å². The number of anilines is 1. The first-order valence-corrected chi connectivity index (χ1v) is 8.09. The van der Waals surface area contributed by atoms with E-state index in [1.807, 2.05) is 13.1 Å². The molecule has 1 fully saturated rings. The first-order valence-electron chi connectivity index (χ1n) is 8.09. The summed E-state index contributed by atoms with van der Waals surface area (Å²) in [5, 5.41) is 7.41. The van der Waals surface area contributed by atoms with Crippen molar-refractivity contribution in [2.75, 3.05) is 5.32 Å². The summed E-state index contributed by atoms with van der Waals surface area (Å²) in [6.45, 7) is 1.47. The van der Waals surface area contributed by atoms with Crippen LogP contribution in [0.25, 0.3) is 0 Å². The molecule has 0 aromatic carbocycles. The van der Waals surface area contributed by atoms with Gasteiger partial charge in [0.15, 0.2) is 5.78 Å². The Kier molecular flexibility index (Phi) is 4.32. The summed E-state index contributed by atoms with van der Waals surface area (Å²) in [6.07, 6.45) is 7.69. The number of hydrogen-bond acceptors (Lipinski definition) is 3. The Balaban J connectivity index is 1.72. The number of amides is 1. The number of carbonyl (C=O) groups excluding carboxylic acids is 2. The van der Waals surface area contributed by atoms with Crippen LogP contribution in [0, 0.1) is 0 Å². The molecule has 6 heteroatoms. The third kappa shape index (κ3) is 3.36. The molecule has 0 atom stereocenters. The molecule has 0 radical (unpaired) electrons. The number of Topliss-reactive ketones (excluding diaryl/α,β-unsaturated/α-hetero) is 1. The highest BCUT2D eigenvalue weighted by molar-refractivity contribution is 6.04. The Morgan fingerprint density at radius 2 is 2.00 bits per heavy atom. The van der Waals surface area contributed by atoms with E-state index in [1.54, 1.807) is 16.9 Å². The van der Waals surface area contributed by atoms with Crippen LogP contribution >= 0.6 is 0 Å². The van der Waals surface area contributed by atoms with Crippen LogP contribution in [-0.2, 0) is 7.05 Å². The fraction of sp³-hybridized carbons (Fsp3) is 0.471. The Morgan fingerprint density at radius 1 is 1.26 bits per heavy atom. The molecule has 0 unspecified atom stereocenters. The number of aryl methyl sites for hydroxylation is 1. The number of H-pyrrole nitrogens is 1. The maximum absolute atomic E-state index is 12.3. The molecule has 2 heterocycles. The molecule has 0 saturated heterocycles. The zero-order chi connectivity index (χ0) is 16.4. The van der Waals surface area contributed by atoms with Crippen molar-refractivity contribution in [1.29, 1.82) is 0 Å². The first kappa shape index (κ1) is 15.5. The van der Waals surface area contributed by atoms with Crippen molar-refractivity contribution < 1.29 is 9.59 Å². The van der Waals surface area contributed by atoms with Gasteiger partial charge in [0.2, 0.25) is 0 Å². The van der Waals surface area contributed by atoms with E-state index in [0.717, 1.165) is 5.69 Å². The van der Waals surface area contributed by atoms with E-state index in [2.05, 4.69) is 15.4 Å². The van der Waals surface area contributed by atoms with Crippen LogP contribution in [0.1, 0.15) is 71.5 Å². The minimum atomic E-state index is -0.268. The molecule has 1 aliphatic carbocycles. The average Bonchev–Trinajstić information content (AvgIpc) is 3.16. The fourth-order valence-corrected chi connectivity index (χ4v) is 3.12. The summed E-state index contributed by atoms with van der Waals surface area (Å²) >= 11 is 0. The summed E-state index contributed by atoms with van der Waals surface area (Å²) < 4.78 is 1.71. The molecule has 1 aliphatic rings. The summed E-state index contributed by atoms with van der Waals surface area (Å²) in [4.78, 5) is 26.4. The number of rotatable bonds is 4. The number of aromatic nitrogens is 3. The van der Waals surface area contributed by atoms with Crippen LogP contribution in [0.2, 0.25) is 0 Å². The number of nitrogens with one attached hydrogen (secondary N) is 2. The van der Waals surface area contributed by atoms with Crippen molar-refractivity contribution in [3.8, 4) is 0 Å². The van der Waals surface area contributed by atoms with Crippen molar-refractivity contribution in [2.24, 2.45) is 7.05 Å². The van der Waals surface area contributed by atoms with E-state index >= 15 is 0 Å². The maximum atomic E-state index is 12.3. The van der Waals surface area contributed by atoms with Crippen LogP contribution in [0.15, 0.2) is 18.3 Å². The van der Waals surface area contributed by atoms with Gasteiger partial charge in [-0.05, 0) is 25.8 Å². The molecular weight excluding hydrogens is 292 g/mol. The lowest BCUT2D eigenvalue weighted by Crippen LogP contribution is -2.14. The van der Waals surface area contributed by atoms with Crippen LogP contribution in [0.3, 0.4) is 0 Å². The lowest BCUT2D eigenvalue weighted by Gasteiger charge is -2.19. The quantitative estimate of drug-likeness (QED) is 0.850. The van der Waals surface area contributed by atoms with Crippen molar-refractivity contribution in [2.45, 2.75) is 44.9 Å². The Bertz CT molecular complexity index is 723. The van der Waals surface area contributed by atoms with E-state index < -0.39 is 0 Å². The third-order valence-electron chi connectivity index (χ3n) is 4.50. The molecule has 1 saturated carbocycles. The van der Waals surface area contributed by atoms with Gasteiger partial charge in [-0.3, -0.25) is 14.3 Å². The van der Waals surface area contributed by atoms with Gasteiger partial charge in [-0.2, -0.15) is 5.10 Å². The molecule has 23 heavy (non-hydrogen) atoms. The molecule has 2 aromatic heterocycles. The smallest absolute Gasteiger partial charge is 0.273 e. The second-order valence-electron chi connectivity index (χ2n) is 6.23. The number of nitrogens with zero attached hydrogens (tertiary/aromatic N) is 2. The Hall–Kier alpha value is -2.37. The van der Waals surface area contributed by atoms with E-state index in [9.17, 15) is 9.59 Å². The predicted octanol–water partition coefficient (Wildman–Crippen LogP) is 3.25. The summed E-state index contributed by atoms with van der Waals surface area (Å²) in [5.74, 6) is 0.834. The van der Waals surface area contributed by atoms with Gasteiger partial charge < -0.3 is 10.3 Å². The van der Waals surface area contributed by atoms with Crippen molar-refractivity contribution in [3.05, 3.63) is 35.3 Å². The molecular formula is C17H22N4O2. The van der Waals surface area contributed by atoms with Crippen molar-refractivity contribution >= 4 is 17.5 Å². The molecule has 122 valence electrons. The summed E-state index contributed by atoms with van der Waals surface area (Å²) in [5.41, 5.74) is 1.93. The van der Waals surface area contributed by atoms with Gasteiger partial charge in [0.1, 0.15) is 11.5 Å². The zero-order valence-electron chi connectivity index (χ0n) is 13.6. The predicted molar refractivity (Wildman–Crippen MR) is 87.8 cm³/mol.